The number of nitrogens with zero attached hydrogens (tertiary/aromatic N) is 4. The number of ketones is 1. The maximum absolute atomic E-state index is 13.9. The van der Waals surface area contributed by atoms with E-state index in [0.717, 1.165) is 48.1 Å². The molecule has 0 bridgehead atoms. The van der Waals surface area contributed by atoms with Crippen molar-refractivity contribution in [1.82, 2.24) is 19.7 Å². The normalized spacial score (nSPS) is 34.0. The first-order valence-corrected chi connectivity index (χ1v) is 16.8. The lowest BCUT2D eigenvalue weighted by Crippen LogP contribution is -2.62. The predicted octanol–water partition coefficient (Wildman–Crippen LogP) is 6.06. The highest BCUT2D eigenvalue weighted by Gasteiger charge is 2.68. The average Bonchev–Trinajstić information content (AvgIpc) is 3.55. The number of hydrogen-bond acceptors (Lipinski definition) is 7. The molecule has 4 aliphatic carbocycles. The van der Waals surface area contributed by atoms with Crippen LogP contribution >= 0.6 is 11.8 Å². The zero-order valence-electron chi connectivity index (χ0n) is 25.2. The van der Waals surface area contributed by atoms with Crippen molar-refractivity contribution in [2.24, 2.45) is 28.6 Å². The molecule has 3 fully saturated rings. The third-order valence-corrected chi connectivity index (χ3v) is 12.7. The Morgan fingerprint density at radius 1 is 1.05 bits per heavy atom. The van der Waals surface area contributed by atoms with Crippen LogP contribution in [0.5, 0.6) is 0 Å². The van der Waals surface area contributed by atoms with Crippen LogP contribution in [0.15, 0.2) is 77.6 Å². The van der Waals surface area contributed by atoms with Crippen molar-refractivity contribution in [3.05, 3.63) is 83.8 Å². The van der Waals surface area contributed by atoms with Crippen LogP contribution in [-0.4, -0.2) is 53.2 Å². The molecule has 0 radical (unpaired) electrons. The highest BCUT2D eigenvalue weighted by atomic mass is 32.2. The monoisotopic (exact) mass is 606 g/mol. The van der Waals surface area contributed by atoms with E-state index in [1.54, 1.807) is 6.20 Å². The smallest absolute Gasteiger partial charge is 0.175 e. The SMILES string of the molecule is C[C@]12Cc3cnn(-c4ccccc4)c3C=C1CC[C@@H]1[C@@H]2[C@@H](O)C[C@@]2(C)[C@H]1CC[C@]2(O)C(=O)CSc1cnc2ccccc2n1. The molecule has 4 aromatic rings. The van der Waals surface area contributed by atoms with Crippen molar-refractivity contribution in [3.8, 4) is 5.69 Å². The van der Waals surface area contributed by atoms with Crippen LogP contribution in [0.3, 0.4) is 0 Å². The summed E-state index contributed by atoms with van der Waals surface area (Å²) in [5.41, 5.74) is 4.10. The number of allylic oxidation sites excluding steroid dienone is 1. The van der Waals surface area contributed by atoms with Crippen molar-refractivity contribution < 1.29 is 15.0 Å². The fourth-order valence-electron chi connectivity index (χ4n) is 9.69. The number of thioether (sulfide) groups is 1. The van der Waals surface area contributed by atoms with Gasteiger partial charge in [0.15, 0.2) is 5.78 Å². The molecule has 4 aliphatic rings. The molecule has 0 saturated heterocycles. The predicted molar refractivity (Wildman–Crippen MR) is 171 cm³/mol. The van der Waals surface area contributed by atoms with Crippen LogP contribution in [0.2, 0.25) is 0 Å². The van der Waals surface area contributed by atoms with Gasteiger partial charge in [0.1, 0.15) is 10.6 Å². The Hall–Kier alpha value is -3.33. The molecule has 7 nitrogen and oxygen atoms in total. The van der Waals surface area contributed by atoms with E-state index in [9.17, 15) is 15.0 Å². The van der Waals surface area contributed by atoms with Crippen LogP contribution in [0.25, 0.3) is 22.8 Å². The minimum atomic E-state index is -1.46. The van der Waals surface area contributed by atoms with Gasteiger partial charge in [-0.05, 0) is 97.6 Å². The Morgan fingerprint density at radius 3 is 2.64 bits per heavy atom. The second-order valence-electron chi connectivity index (χ2n) is 13.9. The molecular formula is C36H38N4O3S. The zero-order chi connectivity index (χ0) is 30.3. The van der Waals surface area contributed by atoms with Gasteiger partial charge in [-0.2, -0.15) is 5.10 Å². The lowest BCUT2D eigenvalue weighted by atomic mass is 9.45. The Bertz CT molecular complexity index is 1810. The number of carbonyl (C=O) groups is 1. The summed E-state index contributed by atoms with van der Waals surface area (Å²) in [5.74, 6) is 0.480. The molecule has 8 heteroatoms. The summed E-state index contributed by atoms with van der Waals surface area (Å²) in [6, 6.07) is 17.9. The molecule has 44 heavy (non-hydrogen) atoms. The number of Topliss-reactive ketones (excluding diaryl/α,β-unsaturated/α-hetero) is 1. The molecule has 2 aromatic carbocycles. The molecule has 3 saturated carbocycles. The number of aliphatic hydroxyl groups is 2. The quantitative estimate of drug-likeness (QED) is 0.266. The van der Waals surface area contributed by atoms with Crippen LogP contribution in [0.1, 0.15) is 57.2 Å². The van der Waals surface area contributed by atoms with Gasteiger partial charge in [0.05, 0.1) is 46.7 Å². The van der Waals surface area contributed by atoms with E-state index in [0.29, 0.717) is 17.9 Å². The van der Waals surface area contributed by atoms with Gasteiger partial charge in [-0.1, -0.05) is 61.5 Å². The van der Waals surface area contributed by atoms with E-state index in [2.05, 4.69) is 42.0 Å². The van der Waals surface area contributed by atoms with Gasteiger partial charge >= 0.3 is 0 Å². The summed E-state index contributed by atoms with van der Waals surface area (Å²) < 4.78 is 2.03. The molecular weight excluding hydrogens is 568 g/mol. The third-order valence-electron chi connectivity index (χ3n) is 11.8. The summed E-state index contributed by atoms with van der Waals surface area (Å²) in [7, 11) is 0. The average molecular weight is 607 g/mol. The number of rotatable bonds is 5. The molecule has 7 atom stereocenters. The topological polar surface area (TPSA) is 101 Å². The van der Waals surface area contributed by atoms with Crippen LogP contribution in [0.4, 0.5) is 0 Å². The number of aliphatic hydroxyl groups excluding tert-OH is 1. The highest BCUT2D eigenvalue weighted by Crippen LogP contribution is 2.67. The summed E-state index contributed by atoms with van der Waals surface area (Å²) in [6.45, 7) is 4.40. The Kier molecular flexibility index (Phi) is 6.46. The molecule has 0 spiro atoms. The number of carbonyl (C=O) groups excluding carboxylic acids is 1. The fraction of sp³-hybridized carbons (Fsp3) is 0.444. The number of hydrogen-bond donors (Lipinski definition) is 2. The Labute approximate surface area is 261 Å². The molecule has 2 N–H and O–H groups in total. The van der Waals surface area contributed by atoms with Gasteiger partial charge in [0.25, 0.3) is 0 Å². The number of aromatic nitrogens is 4. The maximum atomic E-state index is 13.9. The lowest BCUT2D eigenvalue weighted by Gasteiger charge is -2.60. The van der Waals surface area contributed by atoms with E-state index in [4.69, 9.17) is 5.10 Å². The van der Waals surface area contributed by atoms with Crippen LogP contribution < -0.4 is 0 Å². The summed E-state index contributed by atoms with van der Waals surface area (Å²) >= 11 is 1.34. The fourth-order valence-corrected chi connectivity index (χ4v) is 10.5. The van der Waals surface area contributed by atoms with E-state index in [1.165, 1.54) is 22.9 Å². The Morgan fingerprint density at radius 2 is 1.82 bits per heavy atom. The van der Waals surface area contributed by atoms with Gasteiger partial charge in [0, 0.05) is 5.41 Å². The molecule has 2 heterocycles. The van der Waals surface area contributed by atoms with Gasteiger partial charge in [0.2, 0.25) is 0 Å². The van der Waals surface area contributed by atoms with E-state index in [-0.39, 0.29) is 34.7 Å². The number of benzene rings is 2. The van der Waals surface area contributed by atoms with Crippen molar-refractivity contribution in [2.45, 2.75) is 69.1 Å². The molecule has 2 aromatic heterocycles. The number of para-hydroxylation sites is 3. The second kappa shape index (κ2) is 10.1. The van der Waals surface area contributed by atoms with E-state index < -0.39 is 17.1 Å². The first-order chi connectivity index (χ1) is 21.2. The van der Waals surface area contributed by atoms with Crippen molar-refractivity contribution >= 4 is 34.7 Å². The maximum Gasteiger partial charge on any atom is 0.175 e. The minimum absolute atomic E-state index is 0.0773. The standard InChI is InChI=1S/C36H38N4O3S/c1-34-17-22-19-38-40(24-8-4-3-5-9-24)29(22)16-23(34)12-13-25-26-14-15-36(43,35(26,2)18-30(41)33(25)34)31(42)21-44-32-20-37-27-10-6-7-11-28(27)39-32/h3-11,16,19-20,25-26,30,33,41,43H,12-15,17-18,21H2,1-2H3/t25-,26-,30-,33+,34-,35-,36-/m0/s1. The van der Waals surface area contributed by atoms with Crippen molar-refractivity contribution in [1.29, 1.82) is 0 Å². The second-order valence-corrected chi connectivity index (χ2v) is 14.9. The third kappa shape index (κ3) is 4.03. The van der Waals surface area contributed by atoms with Crippen LogP contribution in [0, 0.1) is 28.6 Å². The van der Waals surface area contributed by atoms with Crippen LogP contribution in [-0.2, 0) is 11.2 Å². The van der Waals surface area contributed by atoms with Gasteiger partial charge < -0.3 is 10.2 Å². The summed E-state index contributed by atoms with van der Waals surface area (Å²) in [6.07, 6.45) is 9.87. The molecule has 0 amide bonds. The molecule has 0 unspecified atom stereocenters. The number of fused-ring (bicyclic) bond motifs is 7. The first-order valence-electron chi connectivity index (χ1n) is 15.8. The first kappa shape index (κ1) is 28.2. The highest BCUT2D eigenvalue weighted by molar-refractivity contribution is 7.99. The van der Waals surface area contributed by atoms with Gasteiger partial charge in [-0.25, -0.2) is 9.67 Å². The van der Waals surface area contributed by atoms with Crippen molar-refractivity contribution in [3.63, 3.8) is 0 Å². The van der Waals surface area contributed by atoms with E-state index in [1.807, 2.05) is 53.3 Å². The van der Waals surface area contributed by atoms with E-state index >= 15 is 0 Å². The van der Waals surface area contributed by atoms with Gasteiger partial charge in [-0.15, -0.1) is 0 Å². The van der Waals surface area contributed by atoms with Gasteiger partial charge in [-0.3, -0.25) is 9.78 Å². The minimum Gasteiger partial charge on any atom is -0.393 e. The molecule has 8 rings (SSSR count). The Balaban J connectivity index is 1.04. The summed E-state index contributed by atoms with van der Waals surface area (Å²) in [4.78, 5) is 23.0. The van der Waals surface area contributed by atoms with Crippen molar-refractivity contribution in [2.75, 3.05) is 5.75 Å². The zero-order valence-corrected chi connectivity index (χ0v) is 26.0. The largest absolute Gasteiger partial charge is 0.393 e. The molecule has 0 aliphatic heterocycles. The molecule has 226 valence electrons. The summed E-state index contributed by atoms with van der Waals surface area (Å²) in [5, 5.41) is 29.6. The lowest BCUT2D eigenvalue weighted by molar-refractivity contribution is -0.177.